The molecule has 1 aromatic heterocycles. The number of halogens is 2. The summed E-state index contributed by atoms with van der Waals surface area (Å²) in [6.45, 7) is 0. The summed E-state index contributed by atoms with van der Waals surface area (Å²) in [6, 6.07) is 15.1. The maximum absolute atomic E-state index is 12.5. The Morgan fingerprint density at radius 2 is 1.96 bits per heavy atom. The number of rotatable bonds is 4. The van der Waals surface area contributed by atoms with Crippen molar-refractivity contribution in [2.45, 2.75) is 0 Å². The molecule has 5 nitrogen and oxygen atoms in total. The van der Waals surface area contributed by atoms with Crippen LogP contribution in [0.25, 0.3) is 11.3 Å². The summed E-state index contributed by atoms with van der Waals surface area (Å²) in [7, 11) is 1.51. The third-order valence-corrected chi connectivity index (χ3v) is 4.44. The summed E-state index contributed by atoms with van der Waals surface area (Å²) in [4.78, 5) is 16.8. The van der Waals surface area contributed by atoms with Crippen LogP contribution in [0.3, 0.4) is 0 Å². The van der Waals surface area contributed by atoms with Gasteiger partial charge in [0.25, 0.3) is 5.91 Å². The number of hydrogen-bond acceptors (Lipinski definition) is 4. The molecule has 1 N–H and O–H groups in total. The van der Waals surface area contributed by atoms with Gasteiger partial charge in [-0.1, -0.05) is 23.2 Å². The Labute approximate surface area is 166 Å². The standard InChI is InChI=1S/C20H13Cl2N3O2/c1-27-18-9-12(5-7-15(18)19-16(21)3-2-8-24-19)20(26)25-14-6-4-13(11-23)17(22)10-14/h2-10H,1H3,(H,25,26). The first-order valence-corrected chi connectivity index (χ1v) is 8.59. The van der Waals surface area contributed by atoms with Crippen LogP contribution in [0.1, 0.15) is 15.9 Å². The lowest BCUT2D eigenvalue weighted by atomic mass is 10.1. The minimum atomic E-state index is -0.340. The molecule has 3 aromatic rings. The second kappa shape index (κ2) is 8.09. The zero-order chi connectivity index (χ0) is 19.4. The van der Waals surface area contributed by atoms with E-state index < -0.39 is 0 Å². The highest BCUT2D eigenvalue weighted by atomic mass is 35.5. The number of carbonyl (C=O) groups is 1. The largest absolute Gasteiger partial charge is 0.496 e. The minimum Gasteiger partial charge on any atom is -0.496 e. The summed E-state index contributed by atoms with van der Waals surface area (Å²) >= 11 is 12.2. The Bertz CT molecular complexity index is 1060. The van der Waals surface area contributed by atoms with Crippen molar-refractivity contribution >= 4 is 34.8 Å². The number of nitrogens with zero attached hydrogens (tertiary/aromatic N) is 2. The van der Waals surface area contributed by atoms with Gasteiger partial charge >= 0.3 is 0 Å². The van der Waals surface area contributed by atoms with Gasteiger partial charge in [-0.25, -0.2) is 0 Å². The first-order valence-electron chi connectivity index (χ1n) is 7.83. The van der Waals surface area contributed by atoms with Crippen molar-refractivity contribution in [3.05, 3.63) is 75.9 Å². The lowest BCUT2D eigenvalue weighted by Gasteiger charge is -2.12. The van der Waals surface area contributed by atoms with Gasteiger partial charge in [-0.15, -0.1) is 0 Å². The molecule has 0 saturated carbocycles. The van der Waals surface area contributed by atoms with Gasteiger partial charge in [0, 0.05) is 23.0 Å². The fourth-order valence-corrected chi connectivity index (χ4v) is 2.94. The normalized spacial score (nSPS) is 10.1. The molecule has 0 unspecified atom stereocenters. The van der Waals surface area contributed by atoms with Crippen molar-refractivity contribution in [1.82, 2.24) is 4.98 Å². The molecule has 0 spiro atoms. The number of nitrogens with one attached hydrogen (secondary N) is 1. The molecule has 0 fully saturated rings. The van der Waals surface area contributed by atoms with E-state index in [1.807, 2.05) is 6.07 Å². The monoisotopic (exact) mass is 397 g/mol. The highest BCUT2D eigenvalue weighted by Crippen LogP contribution is 2.34. The third-order valence-electron chi connectivity index (χ3n) is 3.82. The van der Waals surface area contributed by atoms with E-state index in [1.165, 1.54) is 13.2 Å². The van der Waals surface area contributed by atoms with Crippen molar-refractivity contribution in [2.24, 2.45) is 0 Å². The second-order valence-electron chi connectivity index (χ2n) is 5.51. The van der Waals surface area contributed by atoms with Crippen molar-refractivity contribution in [3.63, 3.8) is 0 Å². The van der Waals surface area contributed by atoms with Gasteiger partial charge in [0.15, 0.2) is 0 Å². The van der Waals surface area contributed by atoms with Gasteiger partial charge in [-0.2, -0.15) is 5.26 Å². The molecule has 1 heterocycles. The van der Waals surface area contributed by atoms with Gasteiger partial charge in [-0.3, -0.25) is 9.78 Å². The molecule has 3 rings (SSSR count). The van der Waals surface area contributed by atoms with Crippen LogP contribution in [0.4, 0.5) is 5.69 Å². The lowest BCUT2D eigenvalue weighted by molar-refractivity contribution is 0.102. The van der Waals surface area contributed by atoms with Crippen molar-refractivity contribution in [1.29, 1.82) is 5.26 Å². The number of ether oxygens (including phenoxy) is 1. The zero-order valence-corrected chi connectivity index (χ0v) is 15.7. The van der Waals surface area contributed by atoms with Gasteiger partial charge in [0.2, 0.25) is 0 Å². The second-order valence-corrected chi connectivity index (χ2v) is 6.32. The molecule has 0 atom stereocenters. The Morgan fingerprint density at radius 3 is 2.63 bits per heavy atom. The first-order chi connectivity index (χ1) is 13.0. The van der Waals surface area contributed by atoms with Crippen LogP contribution >= 0.6 is 23.2 Å². The van der Waals surface area contributed by atoms with Crippen LogP contribution in [0.2, 0.25) is 10.0 Å². The molecule has 0 aliphatic heterocycles. The minimum absolute atomic E-state index is 0.271. The lowest BCUT2D eigenvalue weighted by Crippen LogP contribution is -2.12. The summed E-state index contributed by atoms with van der Waals surface area (Å²) in [5.74, 6) is 0.133. The number of aromatic nitrogens is 1. The van der Waals surface area contributed by atoms with Gasteiger partial charge in [0.1, 0.15) is 11.8 Å². The van der Waals surface area contributed by atoms with Gasteiger partial charge < -0.3 is 10.1 Å². The predicted octanol–water partition coefficient (Wildman–Crippen LogP) is 5.19. The zero-order valence-electron chi connectivity index (χ0n) is 14.2. The Morgan fingerprint density at radius 1 is 1.15 bits per heavy atom. The maximum atomic E-state index is 12.5. The number of hydrogen-bond donors (Lipinski definition) is 1. The maximum Gasteiger partial charge on any atom is 0.255 e. The first kappa shape index (κ1) is 18.7. The number of methoxy groups -OCH3 is 1. The average Bonchev–Trinajstić information content (AvgIpc) is 2.68. The quantitative estimate of drug-likeness (QED) is 0.657. The number of anilines is 1. The van der Waals surface area contributed by atoms with E-state index in [4.69, 9.17) is 33.2 Å². The SMILES string of the molecule is COc1cc(C(=O)Nc2ccc(C#N)c(Cl)c2)ccc1-c1ncccc1Cl. The highest BCUT2D eigenvalue weighted by molar-refractivity contribution is 6.33. The smallest absolute Gasteiger partial charge is 0.255 e. The third kappa shape index (κ3) is 4.03. The molecule has 27 heavy (non-hydrogen) atoms. The molecule has 2 aromatic carbocycles. The topological polar surface area (TPSA) is 75.0 Å². The van der Waals surface area contributed by atoms with Crippen LogP contribution in [-0.2, 0) is 0 Å². The van der Waals surface area contributed by atoms with Crippen LogP contribution in [-0.4, -0.2) is 18.0 Å². The molecule has 0 saturated heterocycles. The van der Waals surface area contributed by atoms with E-state index in [0.29, 0.717) is 38.8 Å². The number of carbonyl (C=O) groups excluding carboxylic acids is 1. The van der Waals surface area contributed by atoms with Crippen molar-refractivity contribution in [3.8, 4) is 23.1 Å². The Balaban J connectivity index is 1.89. The van der Waals surface area contributed by atoms with E-state index in [-0.39, 0.29) is 10.9 Å². The Hall–Kier alpha value is -3.07. The molecule has 0 aliphatic rings. The van der Waals surface area contributed by atoms with E-state index in [9.17, 15) is 4.79 Å². The van der Waals surface area contributed by atoms with Crippen molar-refractivity contribution in [2.75, 3.05) is 12.4 Å². The fraction of sp³-hybridized carbons (Fsp3) is 0.0500. The molecular weight excluding hydrogens is 385 g/mol. The van der Waals surface area contributed by atoms with Crippen LogP contribution < -0.4 is 10.1 Å². The van der Waals surface area contributed by atoms with Crippen LogP contribution in [0, 0.1) is 11.3 Å². The number of amides is 1. The predicted molar refractivity (Wildman–Crippen MR) is 105 cm³/mol. The fourth-order valence-electron chi connectivity index (χ4n) is 2.50. The highest BCUT2D eigenvalue weighted by Gasteiger charge is 2.15. The van der Waals surface area contributed by atoms with E-state index >= 15 is 0 Å². The molecule has 134 valence electrons. The molecular formula is C20H13Cl2N3O2. The van der Waals surface area contributed by atoms with Crippen LogP contribution in [0.15, 0.2) is 54.7 Å². The summed E-state index contributed by atoms with van der Waals surface area (Å²) in [5, 5.41) is 12.4. The summed E-state index contributed by atoms with van der Waals surface area (Å²) in [5.41, 5.74) is 2.47. The summed E-state index contributed by atoms with van der Waals surface area (Å²) < 4.78 is 5.41. The average molecular weight is 398 g/mol. The van der Waals surface area contributed by atoms with Crippen molar-refractivity contribution < 1.29 is 9.53 Å². The van der Waals surface area contributed by atoms with Gasteiger partial charge in [0.05, 0.1) is 28.4 Å². The van der Waals surface area contributed by atoms with E-state index in [2.05, 4.69) is 10.3 Å². The van der Waals surface area contributed by atoms with Gasteiger partial charge in [-0.05, 0) is 48.5 Å². The van der Waals surface area contributed by atoms with E-state index in [1.54, 1.807) is 48.7 Å². The molecule has 0 aliphatic carbocycles. The summed E-state index contributed by atoms with van der Waals surface area (Å²) in [6.07, 6.45) is 1.63. The molecule has 1 amide bonds. The number of pyridine rings is 1. The number of benzene rings is 2. The van der Waals surface area contributed by atoms with Crippen LogP contribution in [0.5, 0.6) is 5.75 Å². The Kier molecular flexibility index (Phi) is 5.60. The molecule has 0 radical (unpaired) electrons. The molecule has 7 heteroatoms. The number of nitriles is 1. The van der Waals surface area contributed by atoms with E-state index in [0.717, 1.165) is 0 Å². The molecule has 0 bridgehead atoms.